The van der Waals surface area contributed by atoms with E-state index < -0.39 is 11.9 Å². The fourth-order valence-electron chi connectivity index (χ4n) is 1.72. The van der Waals surface area contributed by atoms with E-state index in [1.54, 1.807) is 42.1 Å². The molecule has 0 aliphatic rings. The summed E-state index contributed by atoms with van der Waals surface area (Å²) in [4.78, 5) is 11.8. The number of rotatable bonds is 4. The van der Waals surface area contributed by atoms with Crippen LogP contribution in [0.25, 0.3) is 0 Å². The molecular weight excluding hydrogens is 247 g/mol. The Labute approximate surface area is 110 Å². The van der Waals surface area contributed by atoms with Crippen molar-refractivity contribution in [1.29, 1.82) is 0 Å². The van der Waals surface area contributed by atoms with Crippen LogP contribution in [0.5, 0.6) is 0 Å². The lowest BCUT2D eigenvalue weighted by Crippen LogP contribution is -2.18. The first-order valence-electron chi connectivity index (χ1n) is 5.94. The summed E-state index contributed by atoms with van der Waals surface area (Å²) in [5, 5.41) is 11.9. The van der Waals surface area contributed by atoms with E-state index in [9.17, 15) is 14.3 Å². The van der Waals surface area contributed by atoms with Gasteiger partial charge in [0.2, 0.25) is 5.91 Å². The molecule has 100 valence electrons. The molecule has 0 spiro atoms. The van der Waals surface area contributed by atoms with Gasteiger partial charge in [-0.3, -0.25) is 4.79 Å². The van der Waals surface area contributed by atoms with Crippen molar-refractivity contribution in [3.8, 4) is 0 Å². The number of halogens is 1. The fourth-order valence-corrected chi connectivity index (χ4v) is 1.72. The van der Waals surface area contributed by atoms with Gasteiger partial charge in [0, 0.05) is 12.4 Å². The van der Waals surface area contributed by atoms with Crippen LogP contribution in [0.4, 0.5) is 10.1 Å². The van der Waals surface area contributed by atoms with Crippen LogP contribution in [0.3, 0.4) is 0 Å². The van der Waals surface area contributed by atoms with Gasteiger partial charge < -0.3 is 15.0 Å². The van der Waals surface area contributed by atoms with Gasteiger partial charge in [0.15, 0.2) is 0 Å². The second-order valence-corrected chi connectivity index (χ2v) is 4.32. The van der Waals surface area contributed by atoms with E-state index in [1.165, 1.54) is 12.1 Å². The standard InChI is InChI=1S/C14H15FN2O2/c1-10(18)11-6-7-17(8-11)9-14(19)16-13-5-3-2-4-12(13)15/h2-8,10,18H,9H2,1H3,(H,16,19). The molecule has 4 nitrogen and oxygen atoms in total. The Bertz CT molecular complexity index is 578. The average Bonchev–Trinajstić information content (AvgIpc) is 2.80. The highest BCUT2D eigenvalue weighted by atomic mass is 19.1. The van der Waals surface area contributed by atoms with Gasteiger partial charge in [-0.05, 0) is 30.7 Å². The van der Waals surface area contributed by atoms with Crippen molar-refractivity contribution in [2.75, 3.05) is 5.32 Å². The Morgan fingerprint density at radius 3 is 2.79 bits per heavy atom. The van der Waals surface area contributed by atoms with Crippen molar-refractivity contribution < 1.29 is 14.3 Å². The quantitative estimate of drug-likeness (QED) is 0.888. The summed E-state index contributed by atoms with van der Waals surface area (Å²) in [5.74, 6) is -0.786. The molecule has 0 saturated carbocycles. The van der Waals surface area contributed by atoms with E-state index in [0.717, 1.165) is 5.56 Å². The van der Waals surface area contributed by atoms with Gasteiger partial charge >= 0.3 is 0 Å². The number of aliphatic hydroxyl groups excluding tert-OH is 1. The maximum absolute atomic E-state index is 13.3. The molecule has 5 heteroatoms. The first kappa shape index (κ1) is 13.3. The first-order chi connectivity index (χ1) is 9.06. The molecule has 2 N–H and O–H groups in total. The number of carbonyl (C=O) groups excluding carboxylic acids is 1. The molecule has 2 rings (SSSR count). The molecule has 1 aromatic heterocycles. The van der Waals surface area contributed by atoms with Crippen LogP contribution < -0.4 is 5.32 Å². The second-order valence-electron chi connectivity index (χ2n) is 4.32. The molecule has 0 aliphatic heterocycles. The van der Waals surface area contributed by atoms with Gasteiger partial charge in [0.1, 0.15) is 12.4 Å². The molecule has 1 unspecified atom stereocenters. The number of nitrogens with one attached hydrogen (secondary N) is 1. The highest BCUT2D eigenvalue weighted by Gasteiger charge is 2.08. The summed E-state index contributed by atoms with van der Waals surface area (Å²) >= 11 is 0. The Balaban J connectivity index is 1.99. The lowest BCUT2D eigenvalue weighted by Gasteiger charge is -2.07. The molecule has 2 aromatic rings. The Hall–Kier alpha value is -2.14. The van der Waals surface area contributed by atoms with Gasteiger partial charge in [-0.15, -0.1) is 0 Å². The molecule has 0 bridgehead atoms. The molecular formula is C14H15FN2O2. The number of amides is 1. The zero-order valence-corrected chi connectivity index (χ0v) is 10.5. The molecule has 1 heterocycles. The van der Waals surface area contributed by atoms with Crippen molar-refractivity contribution in [2.24, 2.45) is 0 Å². The highest BCUT2D eigenvalue weighted by molar-refractivity contribution is 5.90. The first-order valence-corrected chi connectivity index (χ1v) is 5.94. The molecule has 0 radical (unpaired) electrons. The summed E-state index contributed by atoms with van der Waals surface area (Å²) in [5.41, 5.74) is 0.897. The van der Waals surface area contributed by atoms with E-state index in [1.807, 2.05) is 0 Å². The van der Waals surface area contributed by atoms with Crippen molar-refractivity contribution in [1.82, 2.24) is 4.57 Å². The predicted molar refractivity (Wildman–Crippen MR) is 70.1 cm³/mol. The number of para-hydroxylation sites is 1. The molecule has 19 heavy (non-hydrogen) atoms. The van der Waals surface area contributed by atoms with Crippen LogP contribution in [0, 0.1) is 5.82 Å². The van der Waals surface area contributed by atoms with Crippen molar-refractivity contribution in [2.45, 2.75) is 19.6 Å². The number of carbonyl (C=O) groups is 1. The number of nitrogens with zero attached hydrogens (tertiary/aromatic N) is 1. The SMILES string of the molecule is CC(O)c1ccn(CC(=O)Nc2ccccc2F)c1. The zero-order valence-electron chi connectivity index (χ0n) is 10.5. The van der Waals surface area contributed by atoms with Crippen LogP contribution in [0.1, 0.15) is 18.6 Å². The number of hydrogen-bond donors (Lipinski definition) is 2. The maximum atomic E-state index is 13.3. The molecule has 1 aromatic carbocycles. The normalized spacial score (nSPS) is 12.2. The minimum Gasteiger partial charge on any atom is -0.389 e. The number of aliphatic hydroxyl groups is 1. The molecule has 0 saturated heterocycles. The molecule has 1 atom stereocenters. The van der Waals surface area contributed by atoms with Crippen LogP contribution >= 0.6 is 0 Å². The van der Waals surface area contributed by atoms with Crippen molar-refractivity contribution in [3.63, 3.8) is 0 Å². The Morgan fingerprint density at radius 2 is 2.16 bits per heavy atom. The lowest BCUT2D eigenvalue weighted by molar-refractivity contribution is -0.116. The summed E-state index contributed by atoms with van der Waals surface area (Å²) in [6.45, 7) is 1.72. The zero-order chi connectivity index (χ0) is 13.8. The van der Waals surface area contributed by atoms with Crippen molar-refractivity contribution in [3.05, 3.63) is 54.1 Å². The largest absolute Gasteiger partial charge is 0.389 e. The van der Waals surface area contributed by atoms with Crippen LogP contribution in [0.15, 0.2) is 42.7 Å². The number of hydrogen-bond acceptors (Lipinski definition) is 2. The van der Waals surface area contributed by atoms with Gasteiger partial charge in [0.05, 0.1) is 11.8 Å². The average molecular weight is 262 g/mol. The number of aromatic nitrogens is 1. The van der Waals surface area contributed by atoms with Crippen LogP contribution in [-0.4, -0.2) is 15.6 Å². The smallest absolute Gasteiger partial charge is 0.244 e. The Kier molecular flexibility index (Phi) is 3.97. The van der Waals surface area contributed by atoms with Crippen LogP contribution in [-0.2, 0) is 11.3 Å². The monoisotopic (exact) mass is 262 g/mol. The van der Waals surface area contributed by atoms with E-state index in [-0.39, 0.29) is 18.1 Å². The third-order valence-electron chi connectivity index (χ3n) is 2.73. The molecule has 1 amide bonds. The topological polar surface area (TPSA) is 54.3 Å². The summed E-state index contributed by atoms with van der Waals surface area (Å²) in [6, 6.07) is 7.74. The third-order valence-corrected chi connectivity index (χ3v) is 2.73. The van der Waals surface area contributed by atoms with Crippen LogP contribution in [0.2, 0.25) is 0 Å². The molecule has 0 aliphatic carbocycles. The summed E-state index contributed by atoms with van der Waals surface area (Å²) in [6.07, 6.45) is 2.81. The van der Waals surface area contributed by atoms with Gasteiger partial charge in [-0.1, -0.05) is 12.1 Å². The van der Waals surface area contributed by atoms with E-state index in [0.29, 0.717) is 0 Å². The van der Waals surface area contributed by atoms with E-state index >= 15 is 0 Å². The summed E-state index contributed by atoms with van der Waals surface area (Å²) in [7, 11) is 0. The summed E-state index contributed by atoms with van der Waals surface area (Å²) < 4.78 is 15.0. The second kappa shape index (κ2) is 5.67. The lowest BCUT2D eigenvalue weighted by atomic mass is 10.2. The third kappa shape index (κ3) is 3.42. The van der Waals surface area contributed by atoms with Gasteiger partial charge in [0.25, 0.3) is 0 Å². The number of benzene rings is 1. The Morgan fingerprint density at radius 1 is 1.42 bits per heavy atom. The number of anilines is 1. The maximum Gasteiger partial charge on any atom is 0.244 e. The predicted octanol–water partition coefficient (Wildman–Crippen LogP) is 2.32. The van der Waals surface area contributed by atoms with Gasteiger partial charge in [-0.2, -0.15) is 0 Å². The van der Waals surface area contributed by atoms with Gasteiger partial charge in [-0.25, -0.2) is 4.39 Å². The fraction of sp³-hybridized carbons (Fsp3) is 0.214. The van der Waals surface area contributed by atoms with E-state index in [4.69, 9.17) is 0 Å². The van der Waals surface area contributed by atoms with Crippen molar-refractivity contribution >= 4 is 11.6 Å². The molecule has 0 fully saturated rings. The minimum atomic E-state index is -0.573. The highest BCUT2D eigenvalue weighted by Crippen LogP contribution is 2.14. The minimum absolute atomic E-state index is 0.0705. The van der Waals surface area contributed by atoms with E-state index in [2.05, 4.69) is 5.32 Å².